The van der Waals surface area contributed by atoms with E-state index >= 15 is 0 Å². The fraction of sp³-hybridized carbons (Fsp3) is 0.235. The molecule has 0 aliphatic rings. The molecule has 22 heavy (non-hydrogen) atoms. The van der Waals surface area contributed by atoms with Crippen LogP contribution in [0.5, 0.6) is 5.75 Å². The number of hydrogen-bond donors (Lipinski definition) is 1. The van der Waals surface area contributed by atoms with E-state index in [1.54, 1.807) is 6.33 Å². The second-order valence-electron chi connectivity index (χ2n) is 5.17. The molecular weight excluding hydrogens is 300 g/mol. The Balaban J connectivity index is 0.00000176. The number of benzene rings is 2. The molecule has 1 unspecified atom stereocenters. The number of halogens is 1. The molecule has 1 aromatic heterocycles. The Kier molecular flexibility index (Phi) is 5.41. The first-order valence-electron chi connectivity index (χ1n) is 7.00. The van der Waals surface area contributed by atoms with Crippen LogP contribution in [0.15, 0.2) is 54.9 Å². The third kappa shape index (κ3) is 3.78. The molecule has 1 atom stereocenters. The van der Waals surface area contributed by atoms with E-state index in [4.69, 9.17) is 4.74 Å². The Morgan fingerprint density at radius 1 is 1.18 bits per heavy atom. The number of nitrogens with zero attached hydrogens (tertiary/aromatic N) is 2. The minimum absolute atomic E-state index is 0. The van der Waals surface area contributed by atoms with Crippen molar-refractivity contribution in [1.29, 1.82) is 0 Å². The first kappa shape index (κ1) is 16.3. The predicted octanol–water partition coefficient (Wildman–Crippen LogP) is 3.21. The van der Waals surface area contributed by atoms with E-state index in [9.17, 15) is 5.11 Å². The van der Waals surface area contributed by atoms with E-state index in [1.165, 1.54) is 0 Å². The van der Waals surface area contributed by atoms with Gasteiger partial charge < -0.3 is 14.4 Å². The highest BCUT2D eigenvalue weighted by Crippen LogP contribution is 2.14. The van der Waals surface area contributed by atoms with Gasteiger partial charge in [-0.05, 0) is 36.8 Å². The summed E-state index contributed by atoms with van der Waals surface area (Å²) in [5.41, 5.74) is 3.10. The van der Waals surface area contributed by atoms with Crippen LogP contribution < -0.4 is 4.74 Å². The molecule has 0 saturated carbocycles. The Hall–Kier alpha value is -2.04. The molecule has 0 radical (unpaired) electrons. The molecule has 5 heteroatoms. The smallest absolute Gasteiger partial charge is 0.119 e. The summed E-state index contributed by atoms with van der Waals surface area (Å²) >= 11 is 0. The van der Waals surface area contributed by atoms with E-state index < -0.39 is 6.10 Å². The lowest BCUT2D eigenvalue weighted by molar-refractivity contribution is 0.0934. The summed E-state index contributed by atoms with van der Waals surface area (Å²) in [6.07, 6.45) is 1.17. The van der Waals surface area contributed by atoms with Gasteiger partial charge in [-0.3, -0.25) is 0 Å². The topological polar surface area (TPSA) is 47.3 Å². The number of para-hydroxylation sites is 2. The van der Waals surface area contributed by atoms with E-state index in [0.717, 1.165) is 22.3 Å². The lowest BCUT2D eigenvalue weighted by atomic mass is 10.2. The van der Waals surface area contributed by atoms with Crippen molar-refractivity contribution in [2.24, 2.45) is 0 Å². The number of rotatable bonds is 5. The van der Waals surface area contributed by atoms with Crippen LogP contribution in [0.2, 0.25) is 0 Å². The van der Waals surface area contributed by atoms with Crippen LogP contribution in [0, 0.1) is 6.92 Å². The number of ether oxygens (including phenoxy) is 1. The van der Waals surface area contributed by atoms with Gasteiger partial charge in [-0.2, -0.15) is 0 Å². The molecule has 0 bridgehead atoms. The quantitative estimate of drug-likeness (QED) is 0.786. The van der Waals surface area contributed by atoms with E-state index in [1.807, 2.05) is 60.0 Å². The first-order chi connectivity index (χ1) is 10.2. The molecule has 3 aromatic rings. The van der Waals surface area contributed by atoms with Crippen molar-refractivity contribution < 1.29 is 9.84 Å². The SMILES string of the molecule is Cc1cccc(OCC(O)Cn2cnc3ccccc32)c1.Cl. The highest BCUT2D eigenvalue weighted by atomic mass is 35.5. The molecule has 2 aromatic carbocycles. The molecule has 116 valence electrons. The molecule has 0 aliphatic carbocycles. The number of fused-ring (bicyclic) bond motifs is 1. The minimum Gasteiger partial charge on any atom is -0.491 e. The Labute approximate surface area is 135 Å². The maximum absolute atomic E-state index is 10.1. The average molecular weight is 319 g/mol. The molecular formula is C17H19ClN2O2. The van der Waals surface area contributed by atoms with Crippen LogP contribution >= 0.6 is 12.4 Å². The van der Waals surface area contributed by atoms with Gasteiger partial charge in [0.15, 0.2) is 0 Å². The third-order valence-electron chi connectivity index (χ3n) is 3.37. The van der Waals surface area contributed by atoms with E-state index in [-0.39, 0.29) is 19.0 Å². The zero-order chi connectivity index (χ0) is 14.7. The summed E-state index contributed by atoms with van der Waals surface area (Å²) in [7, 11) is 0. The Morgan fingerprint density at radius 2 is 2.00 bits per heavy atom. The first-order valence-corrected chi connectivity index (χ1v) is 7.00. The van der Waals surface area contributed by atoms with Crippen molar-refractivity contribution in [2.75, 3.05) is 6.61 Å². The van der Waals surface area contributed by atoms with Gasteiger partial charge >= 0.3 is 0 Å². The van der Waals surface area contributed by atoms with Gasteiger partial charge in [0.25, 0.3) is 0 Å². The van der Waals surface area contributed by atoms with Crippen LogP contribution in [0.1, 0.15) is 5.56 Å². The summed E-state index contributed by atoms with van der Waals surface area (Å²) < 4.78 is 7.57. The molecule has 0 aliphatic heterocycles. The second-order valence-corrected chi connectivity index (χ2v) is 5.17. The normalized spacial score (nSPS) is 11.9. The van der Waals surface area contributed by atoms with Crippen LogP contribution in [0.3, 0.4) is 0 Å². The highest BCUT2D eigenvalue weighted by molar-refractivity contribution is 5.85. The maximum Gasteiger partial charge on any atom is 0.119 e. The molecule has 0 amide bonds. The lowest BCUT2D eigenvalue weighted by Gasteiger charge is -2.13. The number of aryl methyl sites for hydroxylation is 1. The molecule has 4 nitrogen and oxygen atoms in total. The number of aromatic nitrogens is 2. The standard InChI is InChI=1S/C17H18N2O2.ClH/c1-13-5-4-6-15(9-13)21-11-14(20)10-19-12-18-16-7-2-3-8-17(16)19;/h2-9,12,14,20H,10-11H2,1H3;1H. The zero-order valence-corrected chi connectivity index (χ0v) is 13.2. The van der Waals surface area contributed by atoms with Gasteiger partial charge in [-0.1, -0.05) is 24.3 Å². The summed E-state index contributed by atoms with van der Waals surface area (Å²) in [6, 6.07) is 15.7. The van der Waals surface area contributed by atoms with Gasteiger partial charge in [0, 0.05) is 0 Å². The van der Waals surface area contributed by atoms with Gasteiger partial charge in [0.05, 0.1) is 23.9 Å². The maximum atomic E-state index is 10.1. The van der Waals surface area contributed by atoms with E-state index in [0.29, 0.717) is 6.54 Å². The summed E-state index contributed by atoms with van der Waals surface area (Å²) in [4.78, 5) is 4.31. The molecule has 1 N–H and O–H groups in total. The fourth-order valence-electron chi connectivity index (χ4n) is 2.33. The predicted molar refractivity (Wildman–Crippen MR) is 89.7 cm³/mol. The van der Waals surface area contributed by atoms with Gasteiger partial charge in [-0.25, -0.2) is 4.98 Å². The van der Waals surface area contributed by atoms with Crippen molar-refractivity contribution >= 4 is 23.4 Å². The third-order valence-corrected chi connectivity index (χ3v) is 3.37. The summed E-state index contributed by atoms with van der Waals surface area (Å²) in [6.45, 7) is 2.74. The van der Waals surface area contributed by atoms with Crippen LogP contribution in [0.25, 0.3) is 11.0 Å². The van der Waals surface area contributed by atoms with Crippen molar-refractivity contribution in [3.8, 4) is 5.75 Å². The van der Waals surface area contributed by atoms with Crippen molar-refractivity contribution in [1.82, 2.24) is 9.55 Å². The zero-order valence-electron chi connectivity index (χ0n) is 12.3. The second kappa shape index (κ2) is 7.29. The molecule has 3 rings (SSSR count). The Bertz CT molecular complexity index is 742. The van der Waals surface area contributed by atoms with Gasteiger partial charge in [0.2, 0.25) is 0 Å². The molecule has 0 spiro atoms. The summed E-state index contributed by atoms with van der Waals surface area (Å²) in [5, 5.41) is 10.1. The average Bonchev–Trinajstić information content (AvgIpc) is 2.89. The highest BCUT2D eigenvalue weighted by Gasteiger charge is 2.09. The summed E-state index contributed by atoms with van der Waals surface area (Å²) in [5.74, 6) is 0.782. The molecule has 0 fully saturated rings. The number of aliphatic hydroxyl groups excluding tert-OH is 1. The van der Waals surface area contributed by atoms with E-state index in [2.05, 4.69) is 4.98 Å². The number of imidazole rings is 1. The lowest BCUT2D eigenvalue weighted by Crippen LogP contribution is -2.23. The van der Waals surface area contributed by atoms with Gasteiger partial charge in [-0.15, -0.1) is 12.4 Å². The minimum atomic E-state index is -0.580. The van der Waals surface area contributed by atoms with Crippen molar-refractivity contribution in [3.05, 3.63) is 60.4 Å². The number of hydrogen-bond acceptors (Lipinski definition) is 3. The fourth-order valence-corrected chi connectivity index (χ4v) is 2.33. The molecule has 0 saturated heterocycles. The monoisotopic (exact) mass is 318 g/mol. The largest absolute Gasteiger partial charge is 0.491 e. The molecule has 1 heterocycles. The Morgan fingerprint density at radius 3 is 2.82 bits per heavy atom. The van der Waals surface area contributed by atoms with Gasteiger partial charge in [0.1, 0.15) is 18.5 Å². The van der Waals surface area contributed by atoms with Crippen LogP contribution in [-0.2, 0) is 6.54 Å². The van der Waals surface area contributed by atoms with Crippen molar-refractivity contribution in [2.45, 2.75) is 19.6 Å². The van der Waals surface area contributed by atoms with Crippen LogP contribution in [0.4, 0.5) is 0 Å². The van der Waals surface area contributed by atoms with Crippen LogP contribution in [-0.4, -0.2) is 27.4 Å². The van der Waals surface area contributed by atoms with Crippen molar-refractivity contribution in [3.63, 3.8) is 0 Å². The number of aliphatic hydroxyl groups is 1.